The van der Waals surface area contributed by atoms with Gasteiger partial charge in [0.25, 0.3) is 0 Å². The summed E-state index contributed by atoms with van der Waals surface area (Å²) in [4.78, 5) is 15.7. The highest BCUT2D eigenvalue weighted by molar-refractivity contribution is 5.69. The van der Waals surface area contributed by atoms with Crippen molar-refractivity contribution in [1.82, 2.24) is 9.55 Å². The molecule has 1 rings (SSSR count). The molecule has 4 heteroatoms. The molecule has 1 heterocycles. The molecule has 1 aromatic rings. The van der Waals surface area contributed by atoms with Crippen LogP contribution in [-0.2, 0) is 9.53 Å². The fourth-order valence-corrected chi connectivity index (χ4v) is 2.73. The summed E-state index contributed by atoms with van der Waals surface area (Å²) in [6.45, 7) is 4.12. The molecular formula is C19H34N2O2. The maximum atomic E-state index is 11.8. The van der Waals surface area contributed by atoms with E-state index < -0.39 is 0 Å². The molecule has 0 amide bonds. The number of nitrogens with zero attached hydrogens (tertiary/aromatic N) is 2. The van der Waals surface area contributed by atoms with Crippen molar-refractivity contribution < 1.29 is 9.53 Å². The van der Waals surface area contributed by atoms with Crippen molar-refractivity contribution in [1.29, 1.82) is 0 Å². The predicted octanol–water partition coefficient (Wildman–Crippen LogP) is 5.65. The normalized spacial score (nSPS) is 12.3. The summed E-state index contributed by atoms with van der Waals surface area (Å²) in [5, 5.41) is 0. The van der Waals surface area contributed by atoms with Gasteiger partial charge in [-0.15, -0.1) is 0 Å². The van der Waals surface area contributed by atoms with E-state index in [1.165, 1.54) is 57.8 Å². The third-order valence-electron chi connectivity index (χ3n) is 4.23. The summed E-state index contributed by atoms with van der Waals surface area (Å²) in [5.74, 6) is -0.109. The van der Waals surface area contributed by atoms with Crippen molar-refractivity contribution in [2.45, 2.75) is 97.1 Å². The first-order valence-corrected chi connectivity index (χ1v) is 9.41. The van der Waals surface area contributed by atoms with Crippen LogP contribution in [0.15, 0.2) is 18.7 Å². The zero-order chi connectivity index (χ0) is 16.8. The van der Waals surface area contributed by atoms with Crippen LogP contribution in [0.5, 0.6) is 0 Å². The van der Waals surface area contributed by atoms with Crippen molar-refractivity contribution in [3.8, 4) is 0 Å². The van der Waals surface area contributed by atoms with E-state index in [9.17, 15) is 4.79 Å². The highest BCUT2D eigenvalue weighted by atomic mass is 16.6. The number of imidazole rings is 1. The van der Waals surface area contributed by atoms with Crippen molar-refractivity contribution in [2.75, 3.05) is 0 Å². The van der Waals surface area contributed by atoms with Gasteiger partial charge in [-0.2, -0.15) is 0 Å². The van der Waals surface area contributed by atoms with Crippen LogP contribution in [0.1, 0.15) is 97.1 Å². The zero-order valence-electron chi connectivity index (χ0n) is 15.0. The molecule has 0 saturated carbocycles. The molecule has 132 valence electrons. The predicted molar refractivity (Wildman–Crippen MR) is 94.1 cm³/mol. The fraction of sp³-hybridized carbons (Fsp3) is 0.789. The Morgan fingerprint density at radius 1 is 1.00 bits per heavy atom. The van der Waals surface area contributed by atoms with E-state index in [-0.39, 0.29) is 12.2 Å². The molecule has 0 N–H and O–H groups in total. The second-order valence-corrected chi connectivity index (χ2v) is 6.38. The number of hydrogen-bond acceptors (Lipinski definition) is 3. The number of unbranched alkanes of at least 4 members (excludes halogenated alkanes) is 10. The van der Waals surface area contributed by atoms with E-state index in [2.05, 4.69) is 11.9 Å². The maximum Gasteiger partial charge on any atom is 0.307 e. The quantitative estimate of drug-likeness (QED) is 0.328. The molecule has 23 heavy (non-hydrogen) atoms. The molecular weight excluding hydrogens is 288 g/mol. The second-order valence-electron chi connectivity index (χ2n) is 6.38. The van der Waals surface area contributed by atoms with Gasteiger partial charge in [-0.3, -0.25) is 4.79 Å². The van der Waals surface area contributed by atoms with Crippen molar-refractivity contribution >= 4 is 5.97 Å². The monoisotopic (exact) mass is 322 g/mol. The summed E-state index contributed by atoms with van der Waals surface area (Å²) in [6.07, 6.45) is 19.6. The molecule has 1 atom stereocenters. The number of carbonyl (C=O) groups is 1. The number of rotatable bonds is 14. The fourth-order valence-electron chi connectivity index (χ4n) is 2.73. The van der Waals surface area contributed by atoms with Gasteiger partial charge in [0, 0.05) is 18.8 Å². The van der Waals surface area contributed by atoms with Gasteiger partial charge >= 0.3 is 5.97 Å². The molecule has 0 bridgehead atoms. The molecule has 0 saturated heterocycles. The van der Waals surface area contributed by atoms with E-state index in [4.69, 9.17) is 4.74 Å². The average molecular weight is 322 g/mol. The third-order valence-corrected chi connectivity index (χ3v) is 4.23. The maximum absolute atomic E-state index is 11.8. The Balaban J connectivity index is 1.88. The summed E-state index contributed by atoms with van der Waals surface area (Å²) < 4.78 is 7.16. The van der Waals surface area contributed by atoms with Crippen LogP contribution in [0.4, 0.5) is 0 Å². The molecule has 0 aliphatic rings. The van der Waals surface area contributed by atoms with Crippen LogP contribution in [0.25, 0.3) is 0 Å². The first-order chi connectivity index (χ1) is 11.2. The minimum atomic E-state index is -0.266. The number of aromatic nitrogens is 2. The minimum Gasteiger partial charge on any atom is -0.441 e. The molecule has 0 spiro atoms. The SMILES string of the molecule is CCCCCCCCCCCCCC(=O)OC(C)n1ccnc1. The number of esters is 1. The zero-order valence-corrected chi connectivity index (χ0v) is 15.0. The largest absolute Gasteiger partial charge is 0.441 e. The molecule has 1 aromatic heterocycles. The third kappa shape index (κ3) is 10.1. The number of carbonyl (C=O) groups excluding carboxylic acids is 1. The minimum absolute atomic E-state index is 0.109. The van der Waals surface area contributed by atoms with E-state index in [1.54, 1.807) is 23.3 Å². The van der Waals surface area contributed by atoms with Gasteiger partial charge in [-0.05, 0) is 13.3 Å². The molecule has 4 nitrogen and oxygen atoms in total. The van der Waals surface area contributed by atoms with E-state index in [1.807, 2.05) is 6.92 Å². The van der Waals surface area contributed by atoms with E-state index in [0.29, 0.717) is 6.42 Å². The van der Waals surface area contributed by atoms with Crippen LogP contribution in [0.2, 0.25) is 0 Å². The topological polar surface area (TPSA) is 44.1 Å². The molecule has 0 radical (unpaired) electrons. The average Bonchev–Trinajstić information content (AvgIpc) is 3.07. The number of hydrogen-bond donors (Lipinski definition) is 0. The van der Waals surface area contributed by atoms with Crippen LogP contribution < -0.4 is 0 Å². The Morgan fingerprint density at radius 3 is 2.09 bits per heavy atom. The van der Waals surface area contributed by atoms with Crippen LogP contribution in [0, 0.1) is 0 Å². The molecule has 0 aliphatic heterocycles. The summed E-state index contributed by atoms with van der Waals surface area (Å²) in [7, 11) is 0. The first-order valence-electron chi connectivity index (χ1n) is 9.41. The van der Waals surface area contributed by atoms with Gasteiger partial charge in [-0.25, -0.2) is 4.98 Å². The molecule has 0 fully saturated rings. The summed E-state index contributed by atoms with van der Waals surface area (Å²) >= 11 is 0. The Kier molecular flexibility index (Phi) is 11.3. The van der Waals surface area contributed by atoms with E-state index >= 15 is 0 Å². The molecule has 0 aliphatic carbocycles. The lowest BCUT2D eigenvalue weighted by molar-refractivity contribution is -0.152. The van der Waals surface area contributed by atoms with Gasteiger partial charge in [0.2, 0.25) is 0 Å². The Labute approximate surface area is 141 Å². The lowest BCUT2D eigenvalue weighted by Crippen LogP contribution is -2.13. The van der Waals surface area contributed by atoms with Crippen LogP contribution >= 0.6 is 0 Å². The van der Waals surface area contributed by atoms with Crippen LogP contribution in [-0.4, -0.2) is 15.5 Å². The Morgan fingerprint density at radius 2 is 1.57 bits per heavy atom. The first kappa shape index (κ1) is 19.7. The molecule has 0 aromatic carbocycles. The smallest absolute Gasteiger partial charge is 0.307 e. The summed E-state index contributed by atoms with van der Waals surface area (Å²) in [6, 6.07) is 0. The van der Waals surface area contributed by atoms with Gasteiger partial charge in [0.15, 0.2) is 6.23 Å². The summed E-state index contributed by atoms with van der Waals surface area (Å²) in [5.41, 5.74) is 0. The van der Waals surface area contributed by atoms with Gasteiger partial charge in [-0.1, -0.05) is 71.1 Å². The highest BCUT2D eigenvalue weighted by Gasteiger charge is 2.09. The molecule has 1 unspecified atom stereocenters. The van der Waals surface area contributed by atoms with Crippen molar-refractivity contribution in [3.63, 3.8) is 0 Å². The van der Waals surface area contributed by atoms with Gasteiger partial charge in [0.1, 0.15) is 0 Å². The van der Waals surface area contributed by atoms with Gasteiger partial charge in [0.05, 0.1) is 6.33 Å². The standard InChI is InChI=1S/C19H34N2O2/c1-3-4-5-6-7-8-9-10-11-12-13-14-19(22)23-18(2)21-16-15-20-17-21/h15-18H,3-14H2,1-2H3. The van der Waals surface area contributed by atoms with Crippen molar-refractivity contribution in [2.24, 2.45) is 0 Å². The Hall–Kier alpha value is -1.32. The van der Waals surface area contributed by atoms with E-state index in [0.717, 1.165) is 12.8 Å². The Bertz CT molecular complexity index is 390. The number of ether oxygens (including phenoxy) is 1. The van der Waals surface area contributed by atoms with Gasteiger partial charge < -0.3 is 9.30 Å². The highest BCUT2D eigenvalue weighted by Crippen LogP contribution is 2.13. The lowest BCUT2D eigenvalue weighted by Gasteiger charge is -2.14. The second kappa shape index (κ2) is 13.1. The lowest BCUT2D eigenvalue weighted by atomic mass is 10.1. The van der Waals surface area contributed by atoms with Crippen molar-refractivity contribution in [3.05, 3.63) is 18.7 Å². The van der Waals surface area contributed by atoms with Crippen LogP contribution in [0.3, 0.4) is 0 Å².